The number of aromatic nitrogens is 1. The zero-order chi connectivity index (χ0) is 16.2. The van der Waals surface area contributed by atoms with Crippen LogP contribution in [0.2, 0.25) is 0 Å². The van der Waals surface area contributed by atoms with Gasteiger partial charge in [-0.15, -0.1) is 11.3 Å². The molecule has 2 aromatic heterocycles. The van der Waals surface area contributed by atoms with Crippen LogP contribution in [0.3, 0.4) is 0 Å². The molecule has 0 bridgehead atoms. The number of aryl methyl sites for hydroxylation is 1. The highest BCUT2D eigenvalue weighted by Crippen LogP contribution is 2.33. The minimum Gasteiger partial charge on any atom is -0.367 e. The number of hydrogen-bond donors (Lipinski definition) is 2. The van der Waals surface area contributed by atoms with Gasteiger partial charge in [-0.05, 0) is 35.9 Å². The van der Waals surface area contributed by atoms with Gasteiger partial charge in [0.05, 0.1) is 4.88 Å². The SMILES string of the molecule is Cc1ccsc1-c1noc(N)c1C(=O)NCCc1ccccc1. The molecule has 0 radical (unpaired) electrons. The van der Waals surface area contributed by atoms with Crippen LogP contribution in [0.5, 0.6) is 0 Å². The fourth-order valence-corrected chi connectivity index (χ4v) is 3.26. The second-order valence-electron chi connectivity index (χ2n) is 5.19. The van der Waals surface area contributed by atoms with Crippen molar-refractivity contribution < 1.29 is 9.32 Å². The molecule has 6 heteroatoms. The Morgan fingerprint density at radius 2 is 2.09 bits per heavy atom. The number of carbonyl (C=O) groups excluding carboxylic acids is 1. The molecule has 3 N–H and O–H groups in total. The van der Waals surface area contributed by atoms with Crippen molar-refractivity contribution in [2.75, 3.05) is 12.3 Å². The lowest BCUT2D eigenvalue weighted by molar-refractivity contribution is 0.0955. The highest BCUT2D eigenvalue weighted by Gasteiger charge is 2.23. The summed E-state index contributed by atoms with van der Waals surface area (Å²) in [6.07, 6.45) is 0.755. The summed E-state index contributed by atoms with van der Waals surface area (Å²) in [4.78, 5) is 13.4. The molecule has 0 aliphatic carbocycles. The highest BCUT2D eigenvalue weighted by atomic mass is 32.1. The second-order valence-corrected chi connectivity index (χ2v) is 6.11. The Bertz CT molecular complexity index is 808. The van der Waals surface area contributed by atoms with E-state index in [4.69, 9.17) is 10.3 Å². The third-order valence-electron chi connectivity index (χ3n) is 3.56. The van der Waals surface area contributed by atoms with Crippen molar-refractivity contribution in [2.45, 2.75) is 13.3 Å². The molecule has 0 saturated carbocycles. The molecule has 1 aromatic carbocycles. The number of hydrogen-bond acceptors (Lipinski definition) is 5. The first-order valence-corrected chi connectivity index (χ1v) is 8.16. The minimum atomic E-state index is -0.262. The summed E-state index contributed by atoms with van der Waals surface area (Å²) >= 11 is 1.51. The van der Waals surface area contributed by atoms with E-state index >= 15 is 0 Å². The first-order chi connectivity index (χ1) is 11.2. The van der Waals surface area contributed by atoms with Gasteiger partial charge in [0, 0.05) is 6.54 Å². The van der Waals surface area contributed by atoms with Gasteiger partial charge >= 0.3 is 0 Å². The van der Waals surface area contributed by atoms with Crippen molar-refractivity contribution in [3.05, 3.63) is 58.5 Å². The predicted molar refractivity (Wildman–Crippen MR) is 91.4 cm³/mol. The van der Waals surface area contributed by atoms with Gasteiger partial charge in [0.15, 0.2) is 0 Å². The van der Waals surface area contributed by atoms with E-state index in [1.807, 2.05) is 48.7 Å². The second kappa shape index (κ2) is 6.66. The van der Waals surface area contributed by atoms with Gasteiger partial charge in [-0.3, -0.25) is 4.79 Å². The molecule has 5 nitrogen and oxygen atoms in total. The van der Waals surface area contributed by atoms with Crippen molar-refractivity contribution in [1.82, 2.24) is 10.5 Å². The van der Waals surface area contributed by atoms with E-state index in [1.165, 1.54) is 16.9 Å². The quantitative estimate of drug-likeness (QED) is 0.753. The van der Waals surface area contributed by atoms with E-state index in [0.717, 1.165) is 16.9 Å². The Labute approximate surface area is 138 Å². The maximum Gasteiger partial charge on any atom is 0.259 e. The zero-order valence-electron chi connectivity index (χ0n) is 12.7. The molecule has 0 spiro atoms. The molecule has 1 amide bonds. The molecule has 3 aromatic rings. The third-order valence-corrected chi connectivity index (χ3v) is 4.59. The van der Waals surface area contributed by atoms with E-state index in [2.05, 4.69) is 10.5 Å². The number of nitrogens with two attached hydrogens (primary N) is 1. The van der Waals surface area contributed by atoms with Gasteiger partial charge in [-0.1, -0.05) is 35.5 Å². The zero-order valence-corrected chi connectivity index (χ0v) is 13.5. The van der Waals surface area contributed by atoms with Gasteiger partial charge in [-0.2, -0.15) is 0 Å². The van der Waals surface area contributed by atoms with E-state index in [0.29, 0.717) is 17.8 Å². The summed E-state index contributed by atoms with van der Waals surface area (Å²) in [5, 5.41) is 8.79. The Morgan fingerprint density at radius 1 is 1.30 bits per heavy atom. The van der Waals surface area contributed by atoms with Crippen molar-refractivity contribution in [3.8, 4) is 10.6 Å². The summed E-state index contributed by atoms with van der Waals surface area (Å²) in [5.41, 5.74) is 8.82. The Kier molecular flexibility index (Phi) is 4.43. The van der Waals surface area contributed by atoms with Crippen molar-refractivity contribution in [3.63, 3.8) is 0 Å². The van der Waals surface area contributed by atoms with Crippen molar-refractivity contribution >= 4 is 23.1 Å². The van der Waals surface area contributed by atoms with Gasteiger partial charge in [0.2, 0.25) is 5.88 Å². The van der Waals surface area contributed by atoms with E-state index in [9.17, 15) is 4.79 Å². The molecule has 0 aliphatic rings. The largest absolute Gasteiger partial charge is 0.367 e. The van der Waals surface area contributed by atoms with Crippen LogP contribution < -0.4 is 11.1 Å². The lowest BCUT2D eigenvalue weighted by Crippen LogP contribution is -2.26. The Balaban J connectivity index is 1.73. The van der Waals surface area contributed by atoms with Crippen LogP contribution in [0, 0.1) is 6.92 Å². The van der Waals surface area contributed by atoms with Gasteiger partial charge < -0.3 is 15.6 Å². The van der Waals surface area contributed by atoms with Gasteiger partial charge in [0.1, 0.15) is 11.3 Å². The number of thiophene rings is 1. The number of rotatable bonds is 5. The van der Waals surface area contributed by atoms with Crippen LogP contribution in [-0.4, -0.2) is 17.6 Å². The molecule has 0 aliphatic heterocycles. The summed E-state index contributed by atoms with van der Waals surface area (Å²) in [6.45, 7) is 2.49. The first-order valence-electron chi connectivity index (χ1n) is 7.28. The maximum absolute atomic E-state index is 12.5. The molecule has 0 atom stereocenters. The minimum absolute atomic E-state index is 0.0463. The molecule has 2 heterocycles. The standard InChI is InChI=1S/C17H17N3O2S/c1-11-8-10-23-15(11)14-13(16(18)22-20-14)17(21)19-9-7-12-5-3-2-4-6-12/h2-6,8,10H,7,9,18H2,1H3,(H,19,21). The molecular formula is C17H17N3O2S. The van der Waals surface area contributed by atoms with Gasteiger partial charge in [0.25, 0.3) is 5.91 Å². The van der Waals surface area contributed by atoms with Crippen molar-refractivity contribution in [1.29, 1.82) is 0 Å². The van der Waals surface area contributed by atoms with Gasteiger partial charge in [-0.25, -0.2) is 0 Å². The van der Waals surface area contributed by atoms with E-state index in [-0.39, 0.29) is 11.8 Å². The highest BCUT2D eigenvalue weighted by molar-refractivity contribution is 7.13. The smallest absolute Gasteiger partial charge is 0.259 e. The summed E-state index contributed by atoms with van der Waals surface area (Å²) in [6, 6.07) is 12.0. The lowest BCUT2D eigenvalue weighted by atomic mass is 10.1. The number of nitrogen functional groups attached to an aromatic ring is 1. The van der Waals surface area contributed by atoms with Crippen LogP contribution in [0.15, 0.2) is 46.3 Å². The number of nitrogens with zero attached hydrogens (tertiary/aromatic N) is 1. The van der Waals surface area contributed by atoms with Crippen LogP contribution in [0.25, 0.3) is 10.6 Å². The number of benzene rings is 1. The molecule has 0 fully saturated rings. The van der Waals surface area contributed by atoms with Crippen LogP contribution in [-0.2, 0) is 6.42 Å². The summed E-state index contributed by atoms with van der Waals surface area (Å²) < 4.78 is 5.03. The average molecular weight is 327 g/mol. The Hall–Kier alpha value is -2.60. The summed E-state index contributed by atoms with van der Waals surface area (Å²) in [5.74, 6) is -0.215. The molecular weight excluding hydrogens is 310 g/mol. The van der Waals surface area contributed by atoms with E-state index < -0.39 is 0 Å². The number of nitrogens with one attached hydrogen (secondary N) is 1. The van der Waals surface area contributed by atoms with Crippen molar-refractivity contribution in [2.24, 2.45) is 0 Å². The van der Waals surface area contributed by atoms with Crippen LogP contribution >= 0.6 is 11.3 Å². The van der Waals surface area contributed by atoms with Crippen LogP contribution in [0.4, 0.5) is 5.88 Å². The Morgan fingerprint density at radius 3 is 2.78 bits per heavy atom. The molecule has 23 heavy (non-hydrogen) atoms. The normalized spacial score (nSPS) is 10.7. The molecule has 0 saturated heterocycles. The average Bonchev–Trinajstić information content (AvgIpc) is 3.13. The lowest BCUT2D eigenvalue weighted by Gasteiger charge is -2.05. The molecule has 3 rings (SSSR count). The maximum atomic E-state index is 12.5. The monoisotopic (exact) mass is 327 g/mol. The fraction of sp³-hybridized carbons (Fsp3) is 0.176. The number of anilines is 1. The molecule has 118 valence electrons. The first kappa shape index (κ1) is 15.3. The fourth-order valence-electron chi connectivity index (χ4n) is 2.35. The number of carbonyl (C=O) groups is 1. The topological polar surface area (TPSA) is 81.2 Å². The third kappa shape index (κ3) is 3.27. The predicted octanol–water partition coefficient (Wildman–Crippen LogP) is 3.27. The summed E-state index contributed by atoms with van der Waals surface area (Å²) in [7, 11) is 0. The number of amides is 1. The van der Waals surface area contributed by atoms with Crippen LogP contribution in [0.1, 0.15) is 21.5 Å². The van der Waals surface area contributed by atoms with E-state index in [1.54, 1.807) is 0 Å². The molecule has 0 unspecified atom stereocenters.